The van der Waals surface area contributed by atoms with E-state index in [2.05, 4.69) is 4.74 Å². The van der Waals surface area contributed by atoms with Crippen LogP contribution in [0.4, 0.5) is 0 Å². The predicted molar refractivity (Wildman–Crippen MR) is 266 cm³/mol. The molecule has 15 N–H and O–H groups in total. The van der Waals surface area contributed by atoms with Crippen LogP contribution in [-0.4, -0.2) is 162 Å². The van der Waals surface area contributed by atoms with Crippen molar-refractivity contribution in [3.8, 4) is 0 Å². The average Bonchev–Trinajstić information content (AvgIpc) is 3.31. The van der Waals surface area contributed by atoms with E-state index in [4.69, 9.17) is 54.2 Å². The Bertz CT molecular complexity index is 1860. The van der Waals surface area contributed by atoms with Gasteiger partial charge in [-0.25, -0.2) is 0 Å². The standard InChI is InChI=1S/C10H17NO5.C10H17NO4.C9H15NO4S.C8H13NO4S.C8H13NO4/c1-6(10(15)16-2)5-7(12)3-4-8(11)9(13)14;1-6(7(2)12)5-8(13)3-4-9(11)10(14)15;1-15-8(12)5-3-6(11)2-4-7(10)9(13)14;1-14-7(11)4-5(10)2-3-6(9)8(12)13;1-5(10)4-6(11)2-3-7(9)8(12)13/h6,8H,3-5,11H2,1-2H3,(H,13,14);6,9H,3-5,11H2,1-2H3,(H,14,15);7H,2-5,10H2,1H3,(H,13,14);6H,2-4,9H2,1H3,(H,12,13);7H,2-4,9H2,1H3,(H,12,13). The van der Waals surface area contributed by atoms with Crippen molar-refractivity contribution >= 4 is 110 Å². The Morgan fingerprint density at radius 3 is 0.973 bits per heavy atom. The van der Waals surface area contributed by atoms with E-state index in [1.165, 1.54) is 21.0 Å². The zero-order valence-corrected chi connectivity index (χ0v) is 44.0. The molecule has 26 nitrogen and oxygen atoms in total. The quantitative estimate of drug-likeness (QED) is 0.0316. The zero-order valence-electron chi connectivity index (χ0n) is 42.3. The first-order valence-electron chi connectivity index (χ1n) is 22.3. The van der Waals surface area contributed by atoms with Gasteiger partial charge in [0, 0.05) is 63.7 Å². The Kier molecular flexibility index (Phi) is 47.0. The first-order valence-corrected chi connectivity index (χ1v) is 24.8. The number of carbonyl (C=O) groups is 15. The summed E-state index contributed by atoms with van der Waals surface area (Å²) >= 11 is 2.07. The summed E-state index contributed by atoms with van der Waals surface area (Å²) < 4.78 is 4.47. The molecule has 0 aliphatic carbocycles. The van der Waals surface area contributed by atoms with E-state index in [-0.39, 0.29) is 159 Å². The smallest absolute Gasteiger partial charge is 0.320 e. The highest BCUT2D eigenvalue weighted by Gasteiger charge is 2.21. The first-order chi connectivity index (χ1) is 33.6. The van der Waals surface area contributed by atoms with Crippen LogP contribution in [0.25, 0.3) is 0 Å². The maximum atomic E-state index is 11.3. The monoisotopic (exact) mass is 1090 g/mol. The van der Waals surface area contributed by atoms with E-state index in [0.29, 0.717) is 0 Å². The van der Waals surface area contributed by atoms with Gasteiger partial charge in [0.25, 0.3) is 0 Å². The molecule has 7 atom stereocenters. The van der Waals surface area contributed by atoms with Gasteiger partial charge in [-0.15, -0.1) is 0 Å². The predicted octanol–water partition coefficient (Wildman–Crippen LogP) is 0.481. The van der Waals surface area contributed by atoms with Crippen molar-refractivity contribution in [3.05, 3.63) is 0 Å². The Morgan fingerprint density at radius 1 is 0.411 bits per heavy atom. The molecule has 0 aliphatic heterocycles. The van der Waals surface area contributed by atoms with Crippen LogP contribution in [0.3, 0.4) is 0 Å². The molecular weight excluding hydrogens is 1010 g/mol. The number of ether oxygens (including phenoxy) is 1. The molecule has 0 aromatic carbocycles. The van der Waals surface area contributed by atoms with Crippen molar-refractivity contribution in [1.82, 2.24) is 0 Å². The molecule has 0 spiro atoms. The number of thioether (sulfide) groups is 2. The largest absolute Gasteiger partial charge is 0.480 e. The highest BCUT2D eigenvalue weighted by Crippen LogP contribution is 2.11. The summed E-state index contributed by atoms with van der Waals surface area (Å²) in [7, 11) is 1.25. The van der Waals surface area contributed by atoms with Crippen molar-refractivity contribution in [3.63, 3.8) is 0 Å². The third kappa shape index (κ3) is 49.7. The minimum Gasteiger partial charge on any atom is -0.480 e. The minimum absolute atomic E-state index is 0.0362. The average molecular weight is 1090 g/mol. The Morgan fingerprint density at radius 2 is 0.699 bits per heavy atom. The maximum absolute atomic E-state index is 11.3. The topological polar surface area (TPSA) is 497 Å². The van der Waals surface area contributed by atoms with Crippen molar-refractivity contribution < 1.29 is 102 Å². The van der Waals surface area contributed by atoms with Crippen molar-refractivity contribution in [1.29, 1.82) is 0 Å². The molecule has 73 heavy (non-hydrogen) atoms. The molecule has 418 valence electrons. The number of ketones is 7. The van der Waals surface area contributed by atoms with Crippen LogP contribution in [0, 0.1) is 11.8 Å². The number of carboxylic acids is 5. The van der Waals surface area contributed by atoms with Gasteiger partial charge in [-0.3, -0.25) is 71.9 Å². The molecule has 0 aromatic rings. The van der Waals surface area contributed by atoms with Crippen LogP contribution < -0.4 is 28.7 Å². The van der Waals surface area contributed by atoms with Gasteiger partial charge in [0.1, 0.15) is 70.7 Å². The lowest BCUT2D eigenvalue weighted by Gasteiger charge is -2.09. The first kappa shape index (κ1) is 76.3. The number of aliphatic carboxylic acids is 5. The molecule has 0 fully saturated rings. The van der Waals surface area contributed by atoms with Crippen molar-refractivity contribution in [2.45, 2.75) is 161 Å². The van der Waals surface area contributed by atoms with Gasteiger partial charge in [0.05, 0.1) is 25.9 Å². The number of esters is 1. The van der Waals surface area contributed by atoms with Crippen molar-refractivity contribution in [2.75, 3.05) is 19.6 Å². The molecule has 28 heteroatoms. The molecule has 7 unspecified atom stereocenters. The number of methoxy groups -OCH3 is 1. The van der Waals surface area contributed by atoms with Gasteiger partial charge in [0.15, 0.2) is 10.2 Å². The fourth-order valence-corrected chi connectivity index (χ4v) is 5.28. The highest BCUT2D eigenvalue weighted by molar-refractivity contribution is 8.13. The summed E-state index contributed by atoms with van der Waals surface area (Å²) in [6.45, 7) is 6.01. The van der Waals surface area contributed by atoms with Crippen LogP contribution in [-0.2, 0) is 76.7 Å². The lowest BCUT2D eigenvalue weighted by molar-refractivity contribution is -0.146. The summed E-state index contributed by atoms with van der Waals surface area (Å²) in [6.07, 6.45) is 4.47. The number of carbonyl (C=O) groups excluding carboxylic acids is 10. The molecule has 0 rings (SSSR count). The minimum atomic E-state index is -1.13. The molecule has 0 radical (unpaired) electrons. The Hall–Kier alpha value is -5.65. The van der Waals surface area contributed by atoms with Gasteiger partial charge in [-0.05, 0) is 58.5 Å². The van der Waals surface area contributed by atoms with E-state index in [1.54, 1.807) is 26.4 Å². The number of rotatable bonds is 33. The lowest BCUT2D eigenvalue weighted by atomic mass is 9.97. The number of carboxylic acid groups (broad SMARTS) is 5. The number of hydrogen-bond donors (Lipinski definition) is 10. The molecule has 0 saturated carbocycles. The maximum Gasteiger partial charge on any atom is 0.320 e. The second-order valence-corrected chi connectivity index (χ2v) is 17.9. The van der Waals surface area contributed by atoms with E-state index in [0.717, 1.165) is 23.5 Å². The van der Waals surface area contributed by atoms with Crippen molar-refractivity contribution in [2.24, 2.45) is 40.5 Å². The van der Waals surface area contributed by atoms with Gasteiger partial charge in [0.2, 0.25) is 0 Å². The van der Waals surface area contributed by atoms with E-state index < -0.39 is 71.9 Å². The lowest BCUT2D eigenvalue weighted by Crippen LogP contribution is -2.30. The highest BCUT2D eigenvalue weighted by atomic mass is 32.2. The SMILES string of the molecule is CC(=O)C(C)CC(=O)CCC(N)C(=O)O.CC(=O)CC(=O)CCC(N)C(=O)O.COC(=O)C(C)CC(=O)CCC(N)C(=O)O.CSC(=O)CC(=O)CCC(N)C(=O)O.CSC(=O)CCC(=O)CCC(N)C(=O)O. The normalized spacial score (nSPS) is 13.0. The molecule has 0 heterocycles. The fraction of sp³-hybridized carbons (Fsp3) is 0.667. The summed E-state index contributed by atoms with van der Waals surface area (Å²) in [5.41, 5.74) is 26.0. The third-order valence-corrected chi connectivity index (χ3v) is 10.7. The molecule has 0 amide bonds. The van der Waals surface area contributed by atoms with Gasteiger partial charge < -0.3 is 58.9 Å². The van der Waals surface area contributed by atoms with Gasteiger partial charge in [-0.2, -0.15) is 0 Å². The van der Waals surface area contributed by atoms with E-state index in [9.17, 15) is 71.9 Å². The Balaban J connectivity index is -0.000000264. The second-order valence-electron chi connectivity index (χ2n) is 16.2. The van der Waals surface area contributed by atoms with Crippen LogP contribution in [0.2, 0.25) is 0 Å². The summed E-state index contributed by atoms with van der Waals surface area (Å²) in [6, 6.07) is -5.07. The molecule has 0 aliphatic rings. The third-order valence-electron chi connectivity index (χ3n) is 9.47. The second kappa shape index (κ2) is 45.0. The van der Waals surface area contributed by atoms with Crippen LogP contribution >= 0.6 is 23.5 Å². The summed E-state index contributed by atoms with van der Waals surface area (Å²) in [5, 5.41) is 42.0. The van der Waals surface area contributed by atoms with Crippen LogP contribution in [0.1, 0.15) is 130 Å². The molecular formula is C45H75N5O21S2. The molecule has 0 saturated heterocycles. The molecule has 0 aromatic heterocycles. The van der Waals surface area contributed by atoms with Crippen LogP contribution in [0.15, 0.2) is 0 Å². The van der Waals surface area contributed by atoms with Crippen LogP contribution in [0.5, 0.6) is 0 Å². The zero-order chi connectivity index (χ0) is 58.1. The molecule has 0 bridgehead atoms. The number of hydrogen-bond acceptors (Lipinski definition) is 23. The number of nitrogens with two attached hydrogens (primary N) is 5. The van der Waals surface area contributed by atoms with Gasteiger partial charge in [-0.1, -0.05) is 37.4 Å². The summed E-state index contributed by atoms with van der Waals surface area (Å²) in [5.74, 6) is -8.04. The fourth-order valence-electron chi connectivity index (χ4n) is 4.67. The number of Topliss-reactive ketones (excluding diaryl/α,β-unsaturated/α-hetero) is 7. The van der Waals surface area contributed by atoms with Gasteiger partial charge >= 0.3 is 35.8 Å². The summed E-state index contributed by atoms with van der Waals surface area (Å²) in [4.78, 5) is 161. The van der Waals surface area contributed by atoms with E-state index in [1.807, 2.05) is 0 Å². The van der Waals surface area contributed by atoms with E-state index >= 15 is 0 Å². The Labute approximate surface area is 431 Å².